The van der Waals surface area contributed by atoms with E-state index in [1.54, 1.807) is 12.1 Å². The summed E-state index contributed by atoms with van der Waals surface area (Å²) in [6.45, 7) is 1.36. The Morgan fingerprint density at radius 1 is 1.25 bits per heavy atom. The summed E-state index contributed by atoms with van der Waals surface area (Å²) in [6, 6.07) is 10.9. The fraction of sp³-hybridized carbons (Fsp3) is 0.316. The van der Waals surface area contributed by atoms with Gasteiger partial charge in [0, 0.05) is 30.9 Å². The average molecular weight is 427 g/mol. The van der Waals surface area contributed by atoms with Crippen LogP contribution < -0.4 is 15.0 Å². The molecule has 3 rings (SSSR count). The second kappa shape index (κ2) is 9.36. The van der Waals surface area contributed by atoms with Crippen molar-refractivity contribution in [1.82, 2.24) is 5.32 Å². The maximum atomic E-state index is 13.1. The molecular weight excluding hydrogens is 407 g/mol. The molecule has 0 spiro atoms. The third-order valence-corrected chi connectivity index (χ3v) is 5.49. The van der Waals surface area contributed by atoms with Crippen molar-refractivity contribution in [3.63, 3.8) is 0 Å². The molecule has 1 aliphatic heterocycles. The summed E-state index contributed by atoms with van der Waals surface area (Å²) in [4.78, 5) is 14.6. The van der Waals surface area contributed by atoms with E-state index in [0.29, 0.717) is 10.6 Å². The molecule has 0 aromatic heterocycles. The van der Waals surface area contributed by atoms with Crippen LogP contribution in [-0.4, -0.2) is 40.4 Å². The molecule has 1 aliphatic rings. The Hall–Kier alpha value is -2.16. The number of benzene rings is 2. The van der Waals surface area contributed by atoms with Crippen molar-refractivity contribution in [2.24, 2.45) is 0 Å². The van der Waals surface area contributed by atoms with Gasteiger partial charge in [-0.15, -0.1) is 0 Å². The van der Waals surface area contributed by atoms with Crippen molar-refractivity contribution in [3.8, 4) is 5.75 Å². The molecule has 0 bridgehead atoms. The van der Waals surface area contributed by atoms with E-state index in [4.69, 9.17) is 20.9 Å². The summed E-state index contributed by atoms with van der Waals surface area (Å²) in [7, 11) is 0. The van der Waals surface area contributed by atoms with Crippen molar-refractivity contribution in [3.05, 3.63) is 53.3 Å². The quantitative estimate of drug-likeness (QED) is 0.693. The fourth-order valence-corrected chi connectivity index (χ4v) is 3.58. The Kier molecular flexibility index (Phi) is 6.88. The van der Waals surface area contributed by atoms with Gasteiger partial charge in [-0.1, -0.05) is 11.6 Å². The molecule has 1 amide bonds. The highest BCUT2D eigenvalue weighted by Gasteiger charge is 2.21. The van der Waals surface area contributed by atoms with Crippen molar-refractivity contribution in [2.45, 2.75) is 23.8 Å². The maximum absolute atomic E-state index is 13.1. The molecule has 1 atom stereocenters. The Morgan fingerprint density at radius 3 is 2.54 bits per heavy atom. The van der Waals surface area contributed by atoms with Gasteiger partial charge in [0.1, 0.15) is 11.6 Å². The molecule has 2 N–H and O–H groups in total. The highest BCUT2D eigenvalue weighted by atomic mass is 35.5. The molecule has 150 valence electrons. The van der Waals surface area contributed by atoms with Gasteiger partial charge in [-0.05, 0) is 49.2 Å². The monoisotopic (exact) mass is 426 g/mol. The highest BCUT2D eigenvalue weighted by molar-refractivity contribution is 7.79. The molecule has 1 fully saturated rings. The molecular formula is C19H20ClFN2O4S. The Morgan fingerprint density at radius 2 is 1.93 bits per heavy atom. The Balaban J connectivity index is 1.43. The van der Waals surface area contributed by atoms with Crippen LogP contribution in [0.4, 0.5) is 10.1 Å². The smallest absolute Gasteiger partial charge is 0.258 e. The standard InChI is InChI=1S/C19H20ClFN2O4S/c20-17-11-15(3-6-18(17)21)27-12-19(24)22-13-7-9-23(10-8-13)14-1-4-16(5-2-14)28(25)26/h1-6,11,13H,7-10,12H2,(H,22,24)(H,25,26). The predicted octanol–water partition coefficient (Wildman–Crippen LogP) is 3.22. The van der Waals surface area contributed by atoms with Gasteiger partial charge in [0.15, 0.2) is 17.7 Å². The number of carbonyl (C=O) groups excluding carboxylic acids is 1. The van der Waals surface area contributed by atoms with E-state index in [9.17, 15) is 13.4 Å². The normalized spacial score (nSPS) is 15.9. The summed E-state index contributed by atoms with van der Waals surface area (Å²) in [5, 5.41) is 2.89. The minimum absolute atomic E-state index is 0.0494. The largest absolute Gasteiger partial charge is 0.484 e. The van der Waals surface area contributed by atoms with E-state index < -0.39 is 16.9 Å². The second-order valence-electron chi connectivity index (χ2n) is 6.44. The lowest BCUT2D eigenvalue weighted by atomic mass is 10.0. The first-order valence-corrected chi connectivity index (χ1v) is 10.2. The number of halogens is 2. The van der Waals surface area contributed by atoms with Crippen LogP contribution in [0, 0.1) is 5.82 Å². The Bertz CT molecular complexity index is 858. The first-order chi connectivity index (χ1) is 13.4. The van der Waals surface area contributed by atoms with Gasteiger partial charge in [0.25, 0.3) is 5.91 Å². The zero-order chi connectivity index (χ0) is 20.1. The first kappa shape index (κ1) is 20.6. The van der Waals surface area contributed by atoms with Crippen molar-refractivity contribution < 1.29 is 22.7 Å². The minimum Gasteiger partial charge on any atom is -0.484 e. The van der Waals surface area contributed by atoms with Crippen molar-refractivity contribution in [2.75, 3.05) is 24.6 Å². The summed E-state index contributed by atoms with van der Waals surface area (Å²) >= 11 is 3.71. The van der Waals surface area contributed by atoms with Gasteiger partial charge in [0.05, 0.1) is 9.92 Å². The molecule has 1 unspecified atom stereocenters. The molecule has 2 aromatic carbocycles. The van der Waals surface area contributed by atoms with Crippen LogP contribution in [0.1, 0.15) is 12.8 Å². The van der Waals surface area contributed by atoms with E-state index in [1.807, 2.05) is 12.1 Å². The third kappa shape index (κ3) is 5.43. The number of amides is 1. The van der Waals surface area contributed by atoms with Gasteiger partial charge in [-0.2, -0.15) is 0 Å². The highest BCUT2D eigenvalue weighted by Crippen LogP contribution is 2.22. The first-order valence-electron chi connectivity index (χ1n) is 8.75. The summed E-state index contributed by atoms with van der Waals surface area (Å²) in [6.07, 6.45) is 1.56. The lowest BCUT2D eigenvalue weighted by Crippen LogP contribution is -2.46. The van der Waals surface area contributed by atoms with Crippen LogP contribution in [0.5, 0.6) is 5.75 Å². The number of nitrogens with zero attached hydrogens (tertiary/aromatic N) is 1. The minimum atomic E-state index is -1.98. The number of piperidine rings is 1. The molecule has 2 aromatic rings. The van der Waals surface area contributed by atoms with Crippen LogP contribution in [0.2, 0.25) is 5.02 Å². The zero-order valence-electron chi connectivity index (χ0n) is 14.9. The number of carbonyl (C=O) groups is 1. The van der Waals surface area contributed by atoms with Gasteiger partial charge in [0.2, 0.25) is 0 Å². The summed E-state index contributed by atoms with van der Waals surface area (Å²) < 4.78 is 38.6. The molecule has 0 radical (unpaired) electrons. The lowest BCUT2D eigenvalue weighted by molar-refractivity contribution is -0.123. The van der Waals surface area contributed by atoms with Crippen LogP contribution in [-0.2, 0) is 15.9 Å². The molecule has 9 heteroatoms. The van der Waals surface area contributed by atoms with Crippen molar-refractivity contribution in [1.29, 1.82) is 0 Å². The van der Waals surface area contributed by atoms with Crippen LogP contribution in [0.3, 0.4) is 0 Å². The topological polar surface area (TPSA) is 78.9 Å². The van der Waals surface area contributed by atoms with Crippen LogP contribution in [0.25, 0.3) is 0 Å². The van der Waals surface area contributed by atoms with Gasteiger partial charge in [-0.25, -0.2) is 8.60 Å². The molecule has 0 saturated carbocycles. The predicted molar refractivity (Wildman–Crippen MR) is 106 cm³/mol. The number of ether oxygens (including phenoxy) is 1. The summed E-state index contributed by atoms with van der Waals surface area (Å²) in [5.74, 6) is -0.443. The number of hydrogen-bond donors (Lipinski definition) is 2. The van der Waals surface area contributed by atoms with Crippen molar-refractivity contribution >= 4 is 34.3 Å². The molecule has 0 aliphatic carbocycles. The van der Waals surface area contributed by atoms with E-state index >= 15 is 0 Å². The third-order valence-electron chi connectivity index (χ3n) is 4.52. The van der Waals surface area contributed by atoms with Crippen LogP contribution in [0.15, 0.2) is 47.4 Å². The average Bonchev–Trinajstić information content (AvgIpc) is 2.69. The number of hydrogen-bond acceptors (Lipinski definition) is 4. The van der Waals surface area contributed by atoms with Gasteiger partial charge >= 0.3 is 0 Å². The van der Waals surface area contributed by atoms with E-state index in [0.717, 1.165) is 31.6 Å². The number of nitrogens with one attached hydrogen (secondary N) is 1. The molecule has 6 nitrogen and oxygen atoms in total. The molecule has 28 heavy (non-hydrogen) atoms. The van der Waals surface area contributed by atoms with E-state index in [2.05, 4.69) is 10.2 Å². The Labute approximate surface area is 169 Å². The van der Waals surface area contributed by atoms with Crippen LogP contribution >= 0.6 is 11.6 Å². The number of anilines is 1. The van der Waals surface area contributed by atoms with Gasteiger partial charge in [-0.3, -0.25) is 4.79 Å². The van der Waals surface area contributed by atoms with Gasteiger partial charge < -0.3 is 19.5 Å². The zero-order valence-corrected chi connectivity index (χ0v) is 16.5. The second-order valence-corrected chi connectivity index (χ2v) is 7.81. The molecule has 1 heterocycles. The SMILES string of the molecule is O=C(COc1ccc(F)c(Cl)c1)NC1CCN(c2ccc(S(=O)O)cc2)CC1. The van der Waals surface area contributed by atoms with E-state index in [1.165, 1.54) is 18.2 Å². The van der Waals surface area contributed by atoms with E-state index in [-0.39, 0.29) is 23.6 Å². The lowest BCUT2D eigenvalue weighted by Gasteiger charge is -2.34. The maximum Gasteiger partial charge on any atom is 0.258 e. The summed E-state index contributed by atoms with van der Waals surface area (Å²) in [5.41, 5.74) is 0.982. The molecule has 1 saturated heterocycles. The number of rotatable bonds is 6. The fourth-order valence-electron chi connectivity index (χ4n) is 3.04.